The first kappa shape index (κ1) is 17.2. The molecule has 1 aromatic rings. The zero-order valence-electron chi connectivity index (χ0n) is 13.9. The van der Waals surface area contributed by atoms with Gasteiger partial charge >= 0.3 is 0 Å². The molecule has 1 aromatic carbocycles. The molecule has 0 bridgehead atoms. The van der Waals surface area contributed by atoms with Crippen LogP contribution in [0.1, 0.15) is 57.7 Å². The lowest BCUT2D eigenvalue weighted by Gasteiger charge is -2.28. The van der Waals surface area contributed by atoms with Crippen molar-refractivity contribution in [2.75, 3.05) is 20.1 Å². The molecule has 0 saturated carbocycles. The van der Waals surface area contributed by atoms with E-state index in [0.717, 1.165) is 13.1 Å². The first-order valence-electron chi connectivity index (χ1n) is 8.10. The molecular weight excluding hydrogens is 244 g/mol. The van der Waals surface area contributed by atoms with Crippen LogP contribution < -0.4 is 5.32 Å². The Bertz CT molecular complexity index is 356. The average Bonchev–Trinajstić information content (AvgIpc) is 2.44. The van der Waals surface area contributed by atoms with Crippen LogP contribution in [0.25, 0.3) is 0 Å². The SMILES string of the molecule is CCCNC(CN(C)C(C)C)c1ccc(CCC)cc1. The maximum absolute atomic E-state index is 3.68. The van der Waals surface area contributed by atoms with E-state index in [2.05, 4.69) is 69.2 Å². The van der Waals surface area contributed by atoms with Crippen LogP contribution in [0.3, 0.4) is 0 Å². The van der Waals surface area contributed by atoms with E-state index >= 15 is 0 Å². The topological polar surface area (TPSA) is 15.3 Å². The van der Waals surface area contributed by atoms with E-state index in [0.29, 0.717) is 12.1 Å². The molecule has 2 nitrogen and oxygen atoms in total. The van der Waals surface area contributed by atoms with Gasteiger partial charge in [-0.15, -0.1) is 0 Å². The van der Waals surface area contributed by atoms with Crippen molar-refractivity contribution in [1.82, 2.24) is 10.2 Å². The maximum Gasteiger partial charge on any atom is 0.0449 e. The highest BCUT2D eigenvalue weighted by atomic mass is 15.1. The second-order valence-corrected chi connectivity index (χ2v) is 6.03. The highest BCUT2D eigenvalue weighted by Crippen LogP contribution is 2.17. The minimum Gasteiger partial charge on any atom is -0.309 e. The minimum atomic E-state index is 0.429. The lowest BCUT2D eigenvalue weighted by molar-refractivity contribution is 0.242. The van der Waals surface area contributed by atoms with Gasteiger partial charge in [0.05, 0.1) is 0 Å². The molecule has 1 N–H and O–H groups in total. The average molecular weight is 276 g/mol. The maximum atomic E-state index is 3.68. The second kappa shape index (κ2) is 9.15. The van der Waals surface area contributed by atoms with Gasteiger partial charge in [-0.25, -0.2) is 0 Å². The molecule has 1 rings (SSSR count). The van der Waals surface area contributed by atoms with Crippen LogP contribution in [-0.2, 0) is 6.42 Å². The fourth-order valence-electron chi connectivity index (χ4n) is 2.31. The van der Waals surface area contributed by atoms with E-state index in [9.17, 15) is 0 Å². The van der Waals surface area contributed by atoms with E-state index in [1.165, 1.54) is 30.4 Å². The van der Waals surface area contributed by atoms with Gasteiger partial charge in [0.1, 0.15) is 0 Å². The second-order valence-electron chi connectivity index (χ2n) is 6.03. The number of hydrogen-bond donors (Lipinski definition) is 1. The van der Waals surface area contributed by atoms with Gasteiger partial charge in [0.25, 0.3) is 0 Å². The Labute approximate surface area is 125 Å². The Balaban J connectivity index is 2.75. The van der Waals surface area contributed by atoms with Crippen LogP contribution in [0.5, 0.6) is 0 Å². The molecule has 114 valence electrons. The quantitative estimate of drug-likeness (QED) is 0.733. The smallest absolute Gasteiger partial charge is 0.0449 e. The van der Waals surface area contributed by atoms with Crippen molar-refractivity contribution in [3.63, 3.8) is 0 Å². The standard InChI is InChI=1S/C18H32N2/c1-6-8-16-9-11-17(12-10-16)18(19-13-7-2)14-20(5)15(3)4/h9-12,15,18-19H,6-8,13-14H2,1-5H3. The van der Waals surface area contributed by atoms with E-state index in [4.69, 9.17) is 0 Å². The molecule has 0 heterocycles. The van der Waals surface area contributed by atoms with Crippen LogP contribution in [0.15, 0.2) is 24.3 Å². The summed E-state index contributed by atoms with van der Waals surface area (Å²) in [5.74, 6) is 0. The Kier molecular flexibility index (Phi) is 7.86. The molecule has 2 heteroatoms. The first-order valence-corrected chi connectivity index (χ1v) is 8.10. The summed E-state index contributed by atoms with van der Waals surface area (Å²) >= 11 is 0. The summed E-state index contributed by atoms with van der Waals surface area (Å²) in [5.41, 5.74) is 2.86. The van der Waals surface area contributed by atoms with Gasteiger partial charge in [-0.1, -0.05) is 44.5 Å². The molecule has 0 aromatic heterocycles. The lowest BCUT2D eigenvalue weighted by atomic mass is 10.0. The van der Waals surface area contributed by atoms with Gasteiger partial charge in [0.2, 0.25) is 0 Å². The van der Waals surface area contributed by atoms with E-state index in [1.807, 2.05) is 0 Å². The van der Waals surface area contributed by atoms with E-state index < -0.39 is 0 Å². The fraction of sp³-hybridized carbons (Fsp3) is 0.667. The van der Waals surface area contributed by atoms with Crippen molar-refractivity contribution < 1.29 is 0 Å². The van der Waals surface area contributed by atoms with Crippen LogP contribution >= 0.6 is 0 Å². The van der Waals surface area contributed by atoms with Crippen molar-refractivity contribution >= 4 is 0 Å². The third kappa shape index (κ3) is 5.64. The Morgan fingerprint density at radius 3 is 2.20 bits per heavy atom. The van der Waals surface area contributed by atoms with E-state index in [-0.39, 0.29) is 0 Å². The summed E-state index contributed by atoms with van der Waals surface area (Å²) < 4.78 is 0. The summed E-state index contributed by atoms with van der Waals surface area (Å²) in [5, 5.41) is 3.68. The third-order valence-corrected chi connectivity index (χ3v) is 3.91. The highest BCUT2D eigenvalue weighted by molar-refractivity contribution is 5.25. The fourth-order valence-corrected chi connectivity index (χ4v) is 2.31. The summed E-state index contributed by atoms with van der Waals surface area (Å²) in [4.78, 5) is 2.41. The van der Waals surface area contributed by atoms with Crippen molar-refractivity contribution in [2.24, 2.45) is 0 Å². The van der Waals surface area contributed by atoms with Crippen LogP contribution in [0.4, 0.5) is 0 Å². The number of nitrogens with one attached hydrogen (secondary N) is 1. The molecule has 0 aliphatic heterocycles. The molecule has 0 spiro atoms. The first-order chi connectivity index (χ1) is 9.58. The predicted molar refractivity (Wildman–Crippen MR) is 89.2 cm³/mol. The molecule has 0 saturated heterocycles. The number of aryl methyl sites for hydroxylation is 1. The third-order valence-electron chi connectivity index (χ3n) is 3.91. The molecule has 0 fully saturated rings. The van der Waals surface area contributed by atoms with Gasteiger partial charge in [-0.05, 0) is 51.4 Å². The number of nitrogens with zero attached hydrogens (tertiary/aromatic N) is 1. The van der Waals surface area contributed by atoms with Crippen molar-refractivity contribution in [3.8, 4) is 0 Å². The molecule has 0 radical (unpaired) electrons. The van der Waals surface area contributed by atoms with E-state index in [1.54, 1.807) is 0 Å². The summed E-state index contributed by atoms with van der Waals surface area (Å²) in [7, 11) is 2.21. The van der Waals surface area contributed by atoms with Gasteiger partial charge in [-0.3, -0.25) is 0 Å². The van der Waals surface area contributed by atoms with Crippen molar-refractivity contribution in [2.45, 2.75) is 59.0 Å². The number of benzene rings is 1. The summed E-state index contributed by atoms with van der Waals surface area (Å²) in [6.07, 6.45) is 3.57. The molecule has 1 atom stereocenters. The minimum absolute atomic E-state index is 0.429. The normalized spacial score (nSPS) is 13.2. The number of rotatable bonds is 9. The highest BCUT2D eigenvalue weighted by Gasteiger charge is 2.14. The molecular formula is C18H32N2. The summed E-state index contributed by atoms with van der Waals surface area (Å²) in [6, 6.07) is 10.2. The van der Waals surface area contributed by atoms with Crippen LogP contribution in [0, 0.1) is 0 Å². The van der Waals surface area contributed by atoms with Gasteiger partial charge in [0.15, 0.2) is 0 Å². The zero-order chi connectivity index (χ0) is 15.0. The molecule has 20 heavy (non-hydrogen) atoms. The Hall–Kier alpha value is -0.860. The number of likely N-dealkylation sites (N-methyl/N-ethyl adjacent to an activating group) is 1. The summed E-state index contributed by atoms with van der Waals surface area (Å²) in [6.45, 7) is 11.1. The lowest BCUT2D eigenvalue weighted by Crippen LogP contribution is -2.36. The monoisotopic (exact) mass is 276 g/mol. The molecule has 1 unspecified atom stereocenters. The van der Waals surface area contributed by atoms with Crippen LogP contribution in [-0.4, -0.2) is 31.1 Å². The van der Waals surface area contributed by atoms with Crippen molar-refractivity contribution in [3.05, 3.63) is 35.4 Å². The van der Waals surface area contributed by atoms with Gasteiger partial charge in [0, 0.05) is 18.6 Å². The van der Waals surface area contributed by atoms with Crippen LogP contribution in [0.2, 0.25) is 0 Å². The molecule has 0 amide bonds. The Morgan fingerprint density at radius 2 is 1.70 bits per heavy atom. The predicted octanol–water partition coefficient (Wildman–Crippen LogP) is 4.02. The molecule has 0 aliphatic carbocycles. The number of hydrogen-bond acceptors (Lipinski definition) is 2. The molecule has 0 aliphatic rings. The largest absolute Gasteiger partial charge is 0.309 e. The van der Waals surface area contributed by atoms with Gasteiger partial charge in [-0.2, -0.15) is 0 Å². The van der Waals surface area contributed by atoms with Gasteiger partial charge < -0.3 is 10.2 Å². The Morgan fingerprint density at radius 1 is 1.05 bits per heavy atom. The zero-order valence-corrected chi connectivity index (χ0v) is 13.9. The van der Waals surface area contributed by atoms with Crippen molar-refractivity contribution in [1.29, 1.82) is 0 Å².